The van der Waals surface area contributed by atoms with Crippen LogP contribution >= 0.6 is 0 Å². The summed E-state index contributed by atoms with van der Waals surface area (Å²) in [7, 11) is -2.19. The van der Waals surface area contributed by atoms with Crippen molar-refractivity contribution < 1.29 is 17.9 Å². The van der Waals surface area contributed by atoms with Crippen molar-refractivity contribution >= 4 is 15.9 Å². The fourth-order valence-corrected chi connectivity index (χ4v) is 5.56. The molecule has 0 saturated carbocycles. The molecule has 3 rings (SSSR count). The number of sulfonamides is 1. The van der Waals surface area contributed by atoms with E-state index in [9.17, 15) is 13.2 Å². The Bertz CT molecular complexity index is 1060. The van der Waals surface area contributed by atoms with Crippen LogP contribution in [-0.2, 0) is 10.0 Å². The van der Waals surface area contributed by atoms with Gasteiger partial charge in [-0.05, 0) is 68.9 Å². The van der Waals surface area contributed by atoms with Crippen LogP contribution in [0.25, 0.3) is 0 Å². The second-order valence-electron chi connectivity index (χ2n) is 8.50. The maximum atomic E-state index is 13.1. The standard InChI is InChI=1S/C24H32N2O4S/c1-16-10-12-26(13-11-16)31(28,29)20-7-9-23(30-5)22(15-20)24(27)25-19(4)21-8-6-17(2)14-18(21)3/h6-9,14-16,19H,10-13H2,1-5H3,(H,25,27)/t19-/m1/s1. The average molecular weight is 445 g/mol. The molecule has 0 aromatic heterocycles. The minimum Gasteiger partial charge on any atom is -0.496 e. The van der Waals surface area contributed by atoms with E-state index >= 15 is 0 Å². The molecule has 1 heterocycles. The Kier molecular flexibility index (Phi) is 7.06. The van der Waals surface area contributed by atoms with Crippen LogP contribution in [0.5, 0.6) is 5.75 Å². The Morgan fingerprint density at radius 2 is 1.81 bits per heavy atom. The van der Waals surface area contributed by atoms with Crippen LogP contribution in [0.15, 0.2) is 41.3 Å². The Labute approximate surface area is 185 Å². The molecule has 0 radical (unpaired) electrons. The van der Waals surface area contributed by atoms with Crippen LogP contribution in [0.2, 0.25) is 0 Å². The molecule has 1 aliphatic heterocycles. The van der Waals surface area contributed by atoms with Crippen molar-refractivity contribution in [2.75, 3.05) is 20.2 Å². The number of ether oxygens (including phenoxy) is 1. The predicted octanol–water partition coefficient (Wildman–Crippen LogP) is 4.22. The molecular weight excluding hydrogens is 412 g/mol. The van der Waals surface area contributed by atoms with Crippen molar-refractivity contribution in [2.45, 2.75) is 51.5 Å². The van der Waals surface area contributed by atoms with Gasteiger partial charge >= 0.3 is 0 Å². The number of benzene rings is 2. The Morgan fingerprint density at radius 3 is 2.42 bits per heavy atom. The first kappa shape index (κ1) is 23.3. The zero-order valence-electron chi connectivity index (χ0n) is 18.9. The van der Waals surface area contributed by atoms with E-state index in [1.807, 2.05) is 32.9 Å². The van der Waals surface area contributed by atoms with E-state index in [0.29, 0.717) is 24.8 Å². The number of carbonyl (C=O) groups is 1. The summed E-state index contributed by atoms with van der Waals surface area (Å²) >= 11 is 0. The highest BCUT2D eigenvalue weighted by atomic mass is 32.2. The van der Waals surface area contributed by atoms with Crippen LogP contribution in [0.4, 0.5) is 0 Å². The molecule has 1 atom stereocenters. The van der Waals surface area contributed by atoms with Crippen LogP contribution < -0.4 is 10.1 Å². The maximum absolute atomic E-state index is 13.1. The highest BCUT2D eigenvalue weighted by molar-refractivity contribution is 7.89. The number of piperidine rings is 1. The van der Waals surface area contributed by atoms with E-state index in [2.05, 4.69) is 18.3 Å². The second kappa shape index (κ2) is 9.40. The molecule has 1 aliphatic rings. The summed E-state index contributed by atoms with van der Waals surface area (Å²) in [6.07, 6.45) is 1.69. The molecule has 0 spiro atoms. The SMILES string of the molecule is COc1ccc(S(=O)(=O)N2CCC(C)CC2)cc1C(=O)N[C@H](C)c1ccc(C)cc1C. The number of aryl methyl sites for hydroxylation is 2. The van der Waals surface area contributed by atoms with Crippen LogP contribution in [0.1, 0.15) is 59.8 Å². The molecule has 1 fully saturated rings. The molecule has 1 amide bonds. The van der Waals surface area contributed by atoms with E-state index < -0.39 is 10.0 Å². The first-order valence-corrected chi connectivity index (χ1v) is 12.1. The first-order chi connectivity index (χ1) is 14.6. The molecule has 7 heteroatoms. The lowest BCUT2D eigenvalue weighted by atomic mass is 10.00. The van der Waals surface area contributed by atoms with Gasteiger partial charge in [0.05, 0.1) is 23.6 Å². The number of carbonyl (C=O) groups excluding carboxylic acids is 1. The smallest absolute Gasteiger partial charge is 0.255 e. The number of methoxy groups -OCH3 is 1. The Morgan fingerprint density at radius 1 is 1.13 bits per heavy atom. The van der Waals surface area contributed by atoms with Crippen molar-refractivity contribution in [1.29, 1.82) is 0 Å². The van der Waals surface area contributed by atoms with Gasteiger partial charge in [-0.15, -0.1) is 0 Å². The van der Waals surface area contributed by atoms with Gasteiger partial charge in [-0.3, -0.25) is 4.79 Å². The Balaban J connectivity index is 1.87. The van der Waals surface area contributed by atoms with Gasteiger partial charge in [-0.1, -0.05) is 30.7 Å². The number of hydrogen-bond acceptors (Lipinski definition) is 4. The highest BCUT2D eigenvalue weighted by Crippen LogP contribution is 2.28. The predicted molar refractivity (Wildman–Crippen MR) is 122 cm³/mol. The molecule has 0 unspecified atom stereocenters. The van der Waals surface area contributed by atoms with Crippen molar-refractivity contribution in [3.63, 3.8) is 0 Å². The van der Waals surface area contributed by atoms with E-state index in [1.165, 1.54) is 23.5 Å². The number of hydrogen-bond donors (Lipinski definition) is 1. The maximum Gasteiger partial charge on any atom is 0.255 e. The number of amides is 1. The first-order valence-electron chi connectivity index (χ1n) is 10.7. The normalized spacial score (nSPS) is 16.7. The molecule has 6 nitrogen and oxygen atoms in total. The molecular formula is C24H32N2O4S. The monoisotopic (exact) mass is 444 g/mol. The molecule has 0 bridgehead atoms. The third-order valence-electron chi connectivity index (χ3n) is 6.04. The fourth-order valence-electron chi connectivity index (χ4n) is 4.06. The average Bonchev–Trinajstić information content (AvgIpc) is 2.73. The van der Waals surface area contributed by atoms with E-state index in [0.717, 1.165) is 29.5 Å². The van der Waals surface area contributed by atoms with Crippen molar-refractivity contribution in [1.82, 2.24) is 9.62 Å². The van der Waals surface area contributed by atoms with Crippen LogP contribution in [-0.4, -0.2) is 38.8 Å². The molecule has 2 aromatic rings. The van der Waals surface area contributed by atoms with E-state index in [-0.39, 0.29) is 22.4 Å². The molecule has 168 valence electrons. The zero-order valence-corrected chi connectivity index (χ0v) is 19.8. The molecule has 2 aromatic carbocycles. The van der Waals surface area contributed by atoms with Gasteiger partial charge in [0, 0.05) is 13.1 Å². The second-order valence-corrected chi connectivity index (χ2v) is 10.4. The van der Waals surface area contributed by atoms with Crippen molar-refractivity contribution in [3.05, 3.63) is 58.7 Å². The lowest BCUT2D eigenvalue weighted by Crippen LogP contribution is -2.38. The third-order valence-corrected chi connectivity index (χ3v) is 7.93. The van der Waals surface area contributed by atoms with Gasteiger partial charge in [0.2, 0.25) is 10.0 Å². The largest absolute Gasteiger partial charge is 0.496 e. The fraction of sp³-hybridized carbons (Fsp3) is 0.458. The summed E-state index contributed by atoms with van der Waals surface area (Å²) < 4.78 is 33.1. The number of rotatable bonds is 6. The lowest BCUT2D eigenvalue weighted by molar-refractivity contribution is 0.0936. The summed E-state index contributed by atoms with van der Waals surface area (Å²) in [5.41, 5.74) is 3.48. The van der Waals surface area contributed by atoms with Crippen molar-refractivity contribution in [3.8, 4) is 5.75 Å². The molecule has 0 aliphatic carbocycles. The van der Waals surface area contributed by atoms with Gasteiger partial charge in [-0.25, -0.2) is 8.42 Å². The lowest BCUT2D eigenvalue weighted by Gasteiger charge is -2.29. The summed E-state index contributed by atoms with van der Waals surface area (Å²) in [5, 5.41) is 2.98. The number of nitrogens with one attached hydrogen (secondary N) is 1. The quantitative estimate of drug-likeness (QED) is 0.724. The zero-order chi connectivity index (χ0) is 22.8. The van der Waals surface area contributed by atoms with Gasteiger partial charge in [-0.2, -0.15) is 4.31 Å². The summed E-state index contributed by atoms with van der Waals surface area (Å²) in [5.74, 6) is 0.501. The van der Waals surface area contributed by atoms with Gasteiger partial charge < -0.3 is 10.1 Å². The molecule has 1 saturated heterocycles. The summed E-state index contributed by atoms with van der Waals surface area (Å²) in [6, 6.07) is 10.3. The minimum absolute atomic E-state index is 0.118. The van der Waals surface area contributed by atoms with Gasteiger partial charge in [0.15, 0.2) is 0 Å². The van der Waals surface area contributed by atoms with Gasteiger partial charge in [0.1, 0.15) is 5.75 Å². The minimum atomic E-state index is -3.66. The topological polar surface area (TPSA) is 75.7 Å². The molecule has 1 N–H and O–H groups in total. The van der Waals surface area contributed by atoms with Gasteiger partial charge in [0.25, 0.3) is 5.91 Å². The van der Waals surface area contributed by atoms with Crippen LogP contribution in [0.3, 0.4) is 0 Å². The van der Waals surface area contributed by atoms with Crippen LogP contribution in [0, 0.1) is 19.8 Å². The van der Waals surface area contributed by atoms with E-state index in [4.69, 9.17) is 4.74 Å². The highest BCUT2D eigenvalue weighted by Gasteiger charge is 2.29. The van der Waals surface area contributed by atoms with E-state index in [1.54, 1.807) is 6.07 Å². The van der Waals surface area contributed by atoms with Crippen molar-refractivity contribution in [2.24, 2.45) is 5.92 Å². The summed E-state index contributed by atoms with van der Waals surface area (Å²) in [4.78, 5) is 13.2. The molecule has 31 heavy (non-hydrogen) atoms. The Hall–Kier alpha value is -2.38. The number of nitrogens with zero attached hydrogens (tertiary/aromatic N) is 1. The third kappa shape index (κ3) is 5.10. The summed E-state index contributed by atoms with van der Waals surface area (Å²) in [6.45, 7) is 9.09.